The Morgan fingerprint density at radius 3 is 2.76 bits per heavy atom. The predicted molar refractivity (Wildman–Crippen MR) is 61.8 cm³/mol. The van der Waals surface area contributed by atoms with E-state index in [4.69, 9.17) is 4.74 Å². The zero-order chi connectivity index (χ0) is 12.9. The molecule has 0 saturated carbocycles. The molecule has 0 saturated heterocycles. The topological polar surface area (TPSA) is 44.1 Å². The van der Waals surface area contributed by atoms with Crippen LogP contribution in [0, 0.1) is 5.41 Å². The highest BCUT2D eigenvalue weighted by Crippen LogP contribution is 2.20. The van der Waals surface area contributed by atoms with Crippen molar-refractivity contribution in [3.63, 3.8) is 0 Å². The Hall–Kier alpha value is -1.39. The van der Waals surface area contributed by atoms with Crippen molar-refractivity contribution < 1.29 is 13.9 Å². The Balaban J connectivity index is 2.28. The fraction of sp³-hybridized carbons (Fsp3) is 0.667. The summed E-state index contributed by atoms with van der Waals surface area (Å²) in [6.45, 7) is 5.66. The normalized spacial score (nSPS) is 11.5. The maximum atomic E-state index is 12.2. The van der Waals surface area contributed by atoms with Gasteiger partial charge in [-0.3, -0.25) is 4.79 Å². The highest BCUT2D eigenvalue weighted by molar-refractivity contribution is 5.69. The van der Waals surface area contributed by atoms with Crippen LogP contribution >= 0.6 is 0 Å². The van der Waals surface area contributed by atoms with Gasteiger partial charge in [-0.25, -0.2) is 9.07 Å². The first kappa shape index (κ1) is 13.7. The molecule has 0 aliphatic heterocycles. The van der Waals surface area contributed by atoms with Crippen molar-refractivity contribution >= 4 is 5.97 Å². The van der Waals surface area contributed by atoms with E-state index in [1.54, 1.807) is 6.07 Å². The van der Waals surface area contributed by atoms with Gasteiger partial charge in [0, 0.05) is 12.6 Å². The number of hydrogen-bond donors (Lipinski definition) is 0. The number of esters is 1. The highest BCUT2D eigenvalue weighted by Gasteiger charge is 2.13. The van der Waals surface area contributed by atoms with Crippen LogP contribution in [0.1, 0.15) is 39.3 Å². The molecule has 0 radical (unpaired) electrons. The van der Waals surface area contributed by atoms with Crippen molar-refractivity contribution in [1.29, 1.82) is 0 Å². The monoisotopic (exact) mass is 242 g/mol. The van der Waals surface area contributed by atoms with Gasteiger partial charge < -0.3 is 4.74 Å². The summed E-state index contributed by atoms with van der Waals surface area (Å²) in [6.07, 6.45) is 2.69. The van der Waals surface area contributed by atoms with Gasteiger partial charge in [-0.2, -0.15) is 5.10 Å². The second kappa shape index (κ2) is 5.80. The molecule has 0 unspecified atom stereocenters. The Bertz CT molecular complexity index is 369. The summed E-state index contributed by atoms with van der Waals surface area (Å²) in [5, 5.41) is 3.87. The molecule has 0 aliphatic carbocycles. The van der Waals surface area contributed by atoms with Gasteiger partial charge in [0.1, 0.15) is 12.3 Å². The third-order valence-electron chi connectivity index (χ3n) is 2.28. The second-order valence-electron chi connectivity index (χ2n) is 5.19. The lowest BCUT2D eigenvalue weighted by Crippen LogP contribution is -2.11. The number of rotatable bonds is 5. The molecule has 4 nitrogen and oxygen atoms in total. The molecule has 0 amide bonds. The van der Waals surface area contributed by atoms with Crippen LogP contribution in [-0.2, 0) is 22.9 Å². The molecule has 0 spiro atoms. The van der Waals surface area contributed by atoms with E-state index >= 15 is 0 Å². The fourth-order valence-electron chi connectivity index (χ4n) is 1.25. The molecule has 1 aromatic heterocycles. The summed E-state index contributed by atoms with van der Waals surface area (Å²) >= 11 is 0. The van der Waals surface area contributed by atoms with Crippen LogP contribution in [0.5, 0.6) is 0 Å². The predicted octanol–water partition coefficient (Wildman–Crippen LogP) is 2.68. The Labute approximate surface area is 101 Å². The quantitative estimate of drug-likeness (QED) is 0.746. The molecular formula is C12H19FN2O2. The number of nitrogens with zero attached hydrogens (tertiary/aromatic N) is 2. The first-order valence-corrected chi connectivity index (χ1v) is 5.64. The molecule has 0 bridgehead atoms. The molecule has 0 fully saturated rings. The maximum absolute atomic E-state index is 12.2. The smallest absolute Gasteiger partial charge is 0.306 e. The SMILES string of the molecule is CC(C)(C)CCC(=O)OCc1ccn(CF)n1. The number of carbonyl (C=O) groups excluding carboxylic acids is 1. The van der Waals surface area contributed by atoms with Gasteiger partial charge in [-0.15, -0.1) is 0 Å². The van der Waals surface area contributed by atoms with E-state index in [1.165, 1.54) is 6.20 Å². The largest absolute Gasteiger partial charge is 0.459 e. The van der Waals surface area contributed by atoms with Crippen LogP contribution in [0.2, 0.25) is 0 Å². The number of carbonyl (C=O) groups is 1. The summed E-state index contributed by atoms with van der Waals surface area (Å²) in [5.41, 5.74) is 0.682. The third-order valence-corrected chi connectivity index (χ3v) is 2.28. The van der Waals surface area contributed by atoms with Gasteiger partial charge in [0.25, 0.3) is 0 Å². The molecule has 96 valence electrons. The summed E-state index contributed by atoms with van der Waals surface area (Å²) < 4.78 is 18.4. The van der Waals surface area contributed by atoms with Crippen LogP contribution in [-0.4, -0.2) is 15.7 Å². The van der Waals surface area contributed by atoms with E-state index in [2.05, 4.69) is 25.9 Å². The minimum atomic E-state index is -0.669. The van der Waals surface area contributed by atoms with Gasteiger partial charge >= 0.3 is 5.97 Å². The van der Waals surface area contributed by atoms with Crippen LogP contribution in [0.3, 0.4) is 0 Å². The molecule has 1 rings (SSSR count). The zero-order valence-corrected chi connectivity index (χ0v) is 10.6. The molecule has 1 heterocycles. The van der Waals surface area contributed by atoms with Crippen molar-refractivity contribution in [3.8, 4) is 0 Å². The van der Waals surface area contributed by atoms with Crippen LogP contribution in [0.25, 0.3) is 0 Å². The number of aromatic nitrogens is 2. The van der Waals surface area contributed by atoms with E-state index in [-0.39, 0.29) is 18.0 Å². The summed E-state index contributed by atoms with van der Waals surface area (Å²) in [7, 11) is 0. The molecule has 0 N–H and O–H groups in total. The number of halogens is 1. The summed E-state index contributed by atoms with van der Waals surface area (Å²) in [5.74, 6) is -0.241. The highest BCUT2D eigenvalue weighted by atomic mass is 19.1. The molecule has 0 aromatic carbocycles. The van der Waals surface area contributed by atoms with Crippen molar-refractivity contribution in [1.82, 2.24) is 9.78 Å². The minimum Gasteiger partial charge on any atom is -0.459 e. The minimum absolute atomic E-state index is 0.107. The van der Waals surface area contributed by atoms with E-state index in [1.807, 2.05) is 0 Å². The van der Waals surface area contributed by atoms with Gasteiger partial charge in [0.2, 0.25) is 0 Å². The lowest BCUT2D eigenvalue weighted by atomic mass is 9.91. The van der Waals surface area contributed by atoms with Crippen molar-refractivity contribution in [2.75, 3.05) is 0 Å². The number of hydrogen-bond acceptors (Lipinski definition) is 3. The average Bonchev–Trinajstić information content (AvgIpc) is 2.70. The average molecular weight is 242 g/mol. The summed E-state index contributed by atoms with van der Waals surface area (Å²) in [6, 6.07) is 1.64. The molecule has 0 atom stereocenters. The number of alkyl halides is 1. The van der Waals surface area contributed by atoms with Crippen molar-refractivity contribution in [2.45, 2.75) is 47.0 Å². The van der Waals surface area contributed by atoms with Crippen molar-refractivity contribution in [2.24, 2.45) is 5.41 Å². The first-order valence-electron chi connectivity index (χ1n) is 5.64. The molecular weight excluding hydrogens is 223 g/mol. The van der Waals surface area contributed by atoms with Gasteiger partial charge in [0.15, 0.2) is 6.80 Å². The van der Waals surface area contributed by atoms with Crippen LogP contribution in [0.15, 0.2) is 12.3 Å². The van der Waals surface area contributed by atoms with Crippen molar-refractivity contribution in [3.05, 3.63) is 18.0 Å². The second-order valence-corrected chi connectivity index (χ2v) is 5.19. The van der Waals surface area contributed by atoms with E-state index < -0.39 is 6.80 Å². The molecule has 5 heteroatoms. The Kier molecular flexibility index (Phi) is 4.66. The van der Waals surface area contributed by atoms with Gasteiger partial charge in [-0.1, -0.05) is 20.8 Å². The maximum Gasteiger partial charge on any atom is 0.306 e. The molecule has 17 heavy (non-hydrogen) atoms. The zero-order valence-electron chi connectivity index (χ0n) is 10.6. The van der Waals surface area contributed by atoms with Gasteiger partial charge in [-0.05, 0) is 17.9 Å². The molecule has 0 aliphatic rings. The van der Waals surface area contributed by atoms with Crippen LogP contribution < -0.4 is 0 Å². The van der Waals surface area contributed by atoms with Crippen LogP contribution in [0.4, 0.5) is 4.39 Å². The number of ether oxygens (including phenoxy) is 1. The van der Waals surface area contributed by atoms with E-state index in [0.717, 1.165) is 11.1 Å². The standard InChI is InChI=1S/C12H19FN2O2/c1-12(2,3)6-4-11(16)17-8-10-5-7-15(9-13)14-10/h5,7H,4,6,8-9H2,1-3H3. The first-order chi connectivity index (χ1) is 7.90. The van der Waals surface area contributed by atoms with E-state index in [9.17, 15) is 9.18 Å². The van der Waals surface area contributed by atoms with E-state index in [0.29, 0.717) is 12.1 Å². The Morgan fingerprint density at radius 2 is 2.24 bits per heavy atom. The lowest BCUT2D eigenvalue weighted by Gasteiger charge is -2.16. The molecule has 1 aromatic rings. The van der Waals surface area contributed by atoms with Gasteiger partial charge in [0.05, 0.1) is 0 Å². The fourth-order valence-corrected chi connectivity index (χ4v) is 1.25. The summed E-state index contributed by atoms with van der Waals surface area (Å²) in [4.78, 5) is 11.4. The lowest BCUT2D eigenvalue weighted by molar-refractivity contribution is -0.145. The Morgan fingerprint density at radius 1 is 1.53 bits per heavy atom. The third kappa shape index (κ3) is 5.47.